The molecule has 41 heavy (non-hydrogen) atoms. The van der Waals surface area contributed by atoms with Gasteiger partial charge in [0.25, 0.3) is 0 Å². The summed E-state index contributed by atoms with van der Waals surface area (Å²) in [6.07, 6.45) is 4.77. The Bertz CT molecular complexity index is 1570. The van der Waals surface area contributed by atoms with Crippen molar-refractivity contribution >= 4 is 35.0 Å². The van der Waals surface area contributed by atoms with Gasteiger partial charge in [0.15, 0.2) is 0 Å². The Balaban J connectivity index is 1.34. The molecule has 2 heterocycles. The molecule has 4 aromatic rings. The molecule has 5 rings (SSSR count). The lowest BCUT2D eigenvalue weighted by Crippen LogP contribution is -2.49. The smallest absolute Gasteiger partial charge is 0.240 e. The van der Waals surface area contributed by atoms with E-state index < -0.39 is 11.9 Å². The van der Waals surface area contributed by atoms with Gasteiger partial charge in [0, 0.05) is 42.4 Å². The average molecular weight is 593 g/mol. The first kappa shape index (κ1) is 28.6. The maximum atomic E-state index is 13.1. The fourth-order valence-electron chi connectivity index (χ4n) is 5.55. The molecule has 4 N–H and O–H groups in total. The van der Waals surface area contributed by atoms with Gasteiger partial charge in [-0.2, -0.15) is 5.10 Å². The Morgan fingerprint density at radius 2 is 1.88 bits per heavy atom. The fraction of sp³-hybridized carbons (Fsp3) is 0.290. The Morgan fingerprint density at radius 3 is 2.51 bits per heavy atom. The Labute approximate surface area is 248 Å². The monoisotopic (exact) mass is 591 g/mol. The van der Waals surface area contributed by atoms with E-state index in [4.69, 9.17) is 34.0 Å². The predicted octanol–water partition coefficient (Wildman–Crippen LogP) is 5.68. The summed E-state index contributed by atoms with van der Waals surface area (Å²) >= 11 is 12.5. The third-order valence-corrected chi connectivity index (χ3v) is 8.90. The highest BCUT2D eigenvalue weighted by Crippen LogP contribution is 2.58. The Hall–Kier alpha value is -3.88. The van der Waals surface area contributed by atoms with Crippen LogP contribution in [-0.4, -0.2) is 37.7 Å². The number of phenols is 1. The van der Waals surface area contributed by atoms with E-state index in [0.717, 1.165) is 34.6 Å². The van der Waals surface area contributed by atoms with Crippen LogP contribution in [0.3, 0.4) is 0 Å². The van der Waals surface area contributed by atoms with Crippen molar-refractivity contribution in [1.29, 1.82) is 0 Å². The number of carbonyl (C=O) groups is 2. The molecule has 0 bridgehead atoms. The molecule has 0 aliphatic heterocycles. The zero-order chi connectivity index (χ0) is 29.3. The van der Waals surface area contributed by atoms with Gasteiger partial charge < -0.3 is 16.2 Å². The average Bonchev–Trinajstić information content (AvgIpc) is 3.38. The van der Waals surface area contributed by atoms with Crippen molar-refractivity contribution < 1.29 is 14.7 Å². The highest BCUT2D eigenvalue weighted by atomic mass is 35.5. The van der Waals surface area contributed by atoms with Crippen molar-refractivity contribution in [1.82, 2.24) is 20.1 Å². The zero-order valence-electron chi connectivity index (χ0n) is 22.7. The molecule has 1 saturated carbocycles. The molecule has 1 aliphatic rings. The van der Waals surface area contributed by atoms with Crippen LogP contribution < -0.4 is 11.1 Å². The number of amides is 2. The Kier molecular flexibility index (Phi) is 8.07. The number of nitrogens with two attached hydrogens (primary N) is 1. The molecule has 2 aromatic carbocycles. The van der Waals surface area contributed by atoms with Gasteiger partial charge in [-0.3, -0.25) is 14.6 Å². The second-order valence-corrected chi connectivity index (χ2v) is 11.9. The summed E-state index contributed by atoms with van der Waals surface area (Å²) < 4.78 is 1.90. The second kappa shape index (κ2) is 11.5. The first-order valence-corrected chi connectivity index (χ1v) is 14.1. The molecular weight excluding hydrogens is 561 g/mol. The van der Waals surface area contributed by atoms with Crippen LogP contribution in [0.15, 0.2) is 73.1 Å². The minimum atomic E-state index is -0.843. The molecule has 2 amide bonds. The Morgan fingerprint density at radius 1 is 1.12 bits per heavy atom. The van der Waals surface area contributed by atoms with Gasteiger partial charge in [-0.15, -0.1) is 0 Å². The van der Waals surface area contributed by atoms with E-state index in [-0.39, 0.29) is 41.7 Å². The number of aromatic nitrogens is 3. The topological polar surface area (TPSA) is 123 Å². The highest BCUT2D eigenvalue weighted by Gasteiger charge is 2.50. The van der Waals surface area contributed by atoms with Gasteiger partial charge in [-0.05, 0) is 71.8 Å². The summed E-state index contributed by atoms with van der Waals surface area (Å²) in [6.45, 7) is 4.30. The molecular formula is C31H31Cl2N5O3. The molecule has 212 valence electrons. The number of pyridine rings is 1. The van der Waals surface area contributed by atoms with Crippen LogP contribution in [0.25, 0.3) is 16.9 Å². The van der Waals surface area contributed by atoms with Crippen molar-refractivity contribution in [2.45, 2.75) is 45.1 Å². The van der Waals surface area contributed by atoms with E-state index >= 15 is 0 Å². The molecule has 8 nitrogen and oxygen atoms in total. The minimum Gasteiger partial charge on any atom is -0.508 e. The number of nitrogens with one attached hydrogen (secondary N) is 1. The number of hydrogen-bond donors (Lipinski definition) is 3. The van der Waals surface area contributed by atoms with Crippen LogP contribution in [0, 0.1) is 11.3 Å². The van der Waals surface area contributed by atoms with Gasteiger partial charge in [0.1, 0.15) is 11.8 Å². The quantitative estimate of drug-likeness (QED) is 0.231. The van der Waals surface area contributed by atoms with Gasteiger partial charge in [-0.1, -0.05) is 49.2 Å². The maximum absolute atomic E-state index is 13.1. The number of phenolic OH excluding ortho intramolecular Hbond substituents is 1. The largest absolute Gasteiger partial charge is 0.508 e. The van der Waals surface area contributed by atoms with E-state index in [1.54, 1.807) is 36.7 Å². The molecule has 3 atom stereocenters. The summed E-state index contributed by atoms with van der Waals surface area (Å²) in [5, 5.41) is 18.1. The number of aromatic hydroxyl groups is 1. The lowest BCUT2D eigenvalue weighted by Gasteiger charge is -2.52. The number of primary amides is 1. The van der Waals surface area contributed by atoms with Crippen LogP contribution >= 0.6 is 23.2 Å². The summed E-state index contributed by atoms with van der Waals surface area (Å²) in [6, 6.07) is 17.0. The number of nitrogens with zero attached hydrogens (tertiary/aromatic N) is 3. The summed E-state index contributed by atoms with van der Waals surface area (Å²) in [5.41, 5.74) is 9.63. The van der Waals surface area contributed by atoms with Crippen molar-refractivity contribution in [3.63, 3.8) is 0 Å². The predicted molar refractivity (Wildman–Crippen MR) is 159 cm³/mol. The summed E-state index contributed by atoms with van der Waals surface area (Å²) in [7, 11) is 0. The molecule has 0 saturated heterocycles. The van der Waals surface area contributed by atoms with E-state index in [1.165, 1.54) is 12.1 Å². The van der Waals surface area contributed by atoms with Crippen molar-refractivity contribution in [2.75, 3.05) is 0 Å². The molecule has 2 aromatic heterocycles. The molecule has 1 fully saturated rings. The van der Waals surface area contributed by atoms with E-state index in [0.29, 0.717) is 10.0 Å². The van der Waals surface area contributed by atoms with Gasteiger partial charge in [-0.25, -0.2) is 4.68 Å². The van der Waals surface area contributed by atoms with Crippen LogP contribution in [0.5, 0.6) is 5.75 Å². The number of benzene rings is 2. The second-order valence-electron chi connectivity index (χ2n) is 11.1. The van der Waals surface area contributed by atoms with Crippen LogP contribution in [0.4, 0.5) is 0 Å². The summed E-state index contributed by atoms with van der Waals surface area (Å²) in [4.78, 5) is 29.4. The minimum absolute atomic E-state index is 0.0775. The van der Waals surface area contributed by atoms with Gasteiger partial charge in [0.05, 0.1) is 21.4 Å². The summed E-state index contributed by atoms with van der Waals surface area (Å²) in [5.74, 6) is -0.516. The number of rotatable bonds is 9. The van der Waals surface area contributed by atoms with E-state index in [2.05, 4.69) is 30.2 Å². The first-order chi connectivity index (χ1) is 19.5. The molecule has 0 unspecified atom stereocenters. The van der Waals surface area contributed by atoms with E-state index in [9.17, 15) is 14.7 Å². The van der Waals surface area contributed by atoms with Gasteiger partial charge in [0.2, 0.25) is 11.8 Å². The van der Waals surface area contributed by atoms with Gasteiger partial charge >= 0.3 is 0 Å². The number of hydrogen-bond acceptors (Lipinski definition) is 5. The third kappa shape index (κ3) is 6.09. The first-order valence-electron chi connectivity index (χ1n) is 13.3. The highest BCUT2D eigenvalue weighted by molar-refractivity contribution is 6.42. The number of carbonyl (C=O) groups excluding carboxylic acids is 2. The maximum Gasteiger partial charge on any atom is 0.240 e. The van der Waals surface area contributed by atoms with Crippen LogP contribution in [-0.2, 0) is 16.0 Å². The third-order valence-electron chi connectivity index (χ3n) is 8.16. The van der Waals surface area contributed by atoms with Crippen LogP contribution in [0.2, 0.25) is 10.0 Å². The van der Waals surface area contributed by atoms with Crippen molar-refractivity contribution in [3.05, 3.63) is 94.4 Å². The molecule has 1 aliphatic carbocycles. The fourth-order valence-corrected chi connectivity index (χ4v) is 5.85. The lowest BCUT2D eigenvalue weighted by molar-refractivity contribution is -0.130. The van der Waals surface area contributed by atoms with E-state index in [1.807, 2.05) is 22.9 Å². The molecule has 0 spiro atoms. The zero-order valence-corrected chi connectivity index (χ0v) is 24.2. The van der Waals surface area contributed by atoms with Crippen LogP contribution in [0.1, 0.15) is 43.9 Å². The molecule has 10 heteroatoms. The van der Waals surface area contributed by atoms with Crippen molar-refractivity contribution in [3.8, 4) is 22.7 Å². The normalized spacial score (nSPS) is 18.3. The lowest BCUT2D eigenvalue weighted by atomic mass is 9.52. The van der Waals surface area contributed by atoms with Crippen molar-refractivity contribution in [2.24, 2.45) is 17.1 Å². The number of halogens is 2. The molecule has 0 radical (unpaired) electrons. The SMILES string of the molecule is CC1(C)[C@@H](CC(=O)N[C@@H](Cc2ccc(O)cc2)C(N)=O)C[C@@H]1c1cc(-c2cccnc2)nn1-c1ccc(Cl)c(Cl)c1. The standard InChI is InChI=1S/C31H31Cl2N5O3/c1-31(2)20(14-29(40)36-27(30(34)41)12-18-5-8-22(39)9-6-18)13-23(31)28-16-26(19-4-3-11-35-17-19)37-38(28)21-7-10-24(32)25(33)15-21/h3-11,15-17,20,23,27,39H,12-14H2,1-2H3,(H2,34,41)(H,36,40)/t20-,23-,27+/m1/s1.